The van der Waals surface area contributed by atoms with E-state index in [9.17, 15) is 13.2 Å². The number of carbonyl (C=O) groups is 1. The van der Waals surface area contributed by atoms with Crippen LogP contribution in [-0.2, 0) is 26.1 Å². The van der Waals surface area contributed by atoms with Crippen molar-refractivity contribution >= 4 is 33.7 Å². The Bertz CT molecular complexity index is 1040. The molecule has 0 bridgehead atoms. The SMILES string of the molecule is CCN(Cc1ccccc1Cl)S(=O)(=O)c1cc(/C=C/C(=O)OC)cc(OC)c1OC. The maximum absolute atomic E-state index is 13.5. The number of methoxy groups -OCH3 is 3. The maximum atomic E-state index is 13.5. The van der Waals surface area contributed by atoms with Gasteiger partial charge in [0.05, 0.1) is 21.3 Å². The zero-order valence-electron chi connectivity index (χ0n) is 17.2. The molecule has 0 spiro atoms. The predicted molar refractivity (Wildman–Crippen MR) is 115 cm³/mol. The Hall–Kier alpha value is -2.55. The molecule has 0 N–H and O–H groups in total. The lowest BCUT2D eigenvalue weighted by atomic mass is 10.2. The molecule has 0 radical (unpaired) electrons. The van der Waals surface area contributed by atoms with Gasteiger partial charge in [-0.2, -0.15) is 4.31 Å². The Morgan fingerprint density at radius 3 is 2.40 bits per heavy atom. The average molecular weight is 454 g/mol. The van der Waals surface area contributed by atoms with Crippen LogP contribution in [0.3, 0.4) is 0 Å². The first kappa shape index (κ1) is 23.7. The van der Waals surface area contributed by atoms with E-state index in [1.165, 1.54) is 43.9 Å². The Kier molecular flexibility index (Phi) is 8.28. The van der Waals surface area contributed by atoms with E-state index < -0.39 is 16.0 Å². The van der Waals surface area contributed by atoms with Crippen molar-refractivity contribution in [1.29, 1.82) is 0 Å². The van der Waals surface area contributed by atoms with Crippen molar-refractivity contribution in [3.63, 3.8) is 0 Å². The van der Waals surface area contributed by atoms with Crippen molar-refractivity contribution in [2.75, 3.05) is 27.9 Å². The van der Waals surface area contributed by atoms with Gasteiger partial charge in [0.2, 0.25) is 10.0 Å². The van der Waals surface area contributed by atoms with Crippen molar-refractivity contribution in [3.8, 4) is 11.5 Å². The summed E-state index contributed by atoms with van der Waals surface area (Å²) < 4.78 is 43.6. The molecule has 0 saturated heterocycles. The van der Waals surface area contributed by atoms with Gasteiger partial charge in [0, 0.05) is 24.2 Å². The fourth-order valence-corrected chi connectivity index (χ4v) is 4.62. The first-order chi connectivity index (χ1) is 14.3. The molecule has 2 aromatic rings. The number of esters is 1. The van der Waals surface area contributed by atoms with Crippen molar-refractivity contribution in [2.45, 2.75) is 18.4 Å². The average Bonchev–Trinajstić information content (AvgIpc) is 2.75. The molecule has 0 fully saturated rings. The number of hydrogen-bond acceptors (Lipinski definition) is 6. The van der Waals surface area contributed by atoms with Gasteiger partial charge >= 0.3 is 5.97 Å². The summed E-state index contributed by atoms with van der Waals surface area (Å²) in [5.74, 6) is -0.273. The lowest BCUT2D eigenvalue weighted by molar-refractivity contribution is -0.134. The van der Waals surface area contributed by atoms with E-state index in [1.54, 1.807) is 37.3 Å². The van der Waals surface area contributed by atoms with Crippen LogP contribution in [0.15, 0.2) is 47.4 Å². The van der Waals surface area contributed by atoms with E-state index in [-0.39, 0.29) is 29.5 Å². The van der Waals surface area contributed by atoms with Gasteiger partial charge in [-0.25, -0.2) is 13.2 Å². The second-order valence-corrected chi connectivity index (χ2v) is 8.45. The quantitative estimate of drug-likeness (QED) is 0.424. The molecule has 162 valence electrons. The number of halogens is 1. The molecule has 0 amide bonds. The van der Waals surface area contributed by atoms with Gasteiger partial charge in [-0.15, -0.1) is 0 Å². The van der Waals surface area contributed by atoms with Crippen LogP contribution in [0.1, 0.15) is 18.1 Å². The number of nitrogens with zero attached hydrogens (tertiary/aromatic N) is 1. The van der Waals surface area contributed by atoms with Crippen LogP contribution in [-0.4, -0.2) is 46.6 Å². The van der Waals surface area contributed by atoms with Crippen LogP contribution < -0.4 is 9.47 Å². The van der Waals surface area contributed by atoms with Gasteiger partial charge in [-0.3, -0.25) is 0 Å². The van der Waals surface area contributed by atoms with E-state index >= 15 is 0 Å². The second kappa shape index (κ2) is 10.5. The van der Waals surface area contributed by atoms with Gasteiger partial charge in [-0.1, -0.05) is 36.7 Å². The summed E-state index contributed by atoms with van der Waals surface area (Å²) in [6.07, 6.45) is 2.64. The van der Waals surface area contributed by atoms with Crippen LogP contribution in [0, 0.1) is 0 Å². The molecule has 0 aromatic heterocycles. The number of ether oxygens (including phenoxy) is 3. The molecular weight excluding hydrogens is 430 g/mol. The summed E-state index contributed by atoms with van der Waals surface area (Å²) in [7, 11) is 0.0389. The van der Waals surface area contributed by atoms with E-state index in [0.29, 0.717) is 16.1 Å². The molecule has 0 aliphatic heterocycles. The molecule has 0 aliphatic carbocycles. The third-order valence-corrected chi connectivity index (χ3v) is 6.65. The number of sulfonamides is 1. The molecule has 0 unspecified atom stereocenters. The zero-order valence-corrected chi connectivity index (χ0v) is 18.8. The summed E-state index contributed by atoms with van der Waals surface area (Å²) in [6, 6.07) is 10.0. The largest absolute Gasteiger partial charge is 0.493 e. The van der Waals surface area contributed by atoms with Crippen molar-refractivity contribution in [1.82, 2.24) is 4.31 Å². The molecule has 0 heterocycles. The van der Waals surface area contributed by atoms with Gasteiger partial charge in [0.1, 0.15) is 4.90 Å². The molecule has 0 saturated carbocycles. The Labute approximate surface area is 181 Å². The van der Waals surface area contributed by atoms with Crippen molar-refractivity contribution in [2.24, 2.45) is 0 Å². The predicted octanol–water partition coefficient (Wildman–Crippen LogP) is 3.75. The minimum atomic E-state index is -3.99. The Morgan fingerprint density at radius 1 is 1.13 bits per heavy atom. The first-order valence-electron chi connectivity index (χ1n) is 9.04. The molecular formula is C21H24ClNO6S. The summed E-state index contributed by atoms with van der Waals surface area (Å²) in [4.78, 5) is 11.3. The number of carbonyl (C=O) groups excluding carboxylic acids is 1. The van der Waals surface area contributed by atoms with Gasteiger partial charge in [0.25, 0.3) is 0 Å². The standard InChI is InChI=1S/C21H24ClNO6S/c1-5-23(14-16-8-6-7-9-17(16)22)30(25,26)19-13-15(10-11-20(24)28-3)12-18(27-2)21(19)29-4/h6-13H,5,14H2,1-4H3/b11-10+. The van der Waals surface area contributed by atoms with Gasteiger partial charge in [0.15, 0.2) is 11.5 Å². The number of benzene rings is 2. The highest BCUT2D eigenvalue weighted by Gasteiger charge is 2.29. The molecule has 9 heteroatoms. The van der Waals surface area contributed by atoms with Crippen LogP contribution in [0.5, 0.6) is 11.5 Å². The molecule has 0 atom stereocenters. The van der Waals surface area contributed by atoms with Gasteiger partial charge in [-0.05, 0) is 35.4 Å². The number of hydrogen-bond donors (Lipinski definition) is 0. The first-order valence-corrected chi connectivity index (χ1v) is 10.9. The van der Waals surface area contributed by atoms with Crippen LogP contribution >= 0.6 is 11.6 Å². The van der Waals surface area contributed by atoms with Crippen LogP contribution in [0.25, 0.3) is 6.08 Å². The molecule has 7 nitrogen and oxygen atoms in total. The minimum Gasteiger partial charge on any atom is -0.493 e. The van der Waals surface area contributed by atoms with Crippen LogP contribution in [0.2, 0.25) is 5.02 Å². The normalized spacial score (nSPS) is 11.7. The fraction of sp³-hybridized carbons (Fsp3) is 0.286. The summed E-state index contributed by atoms with van der Waals surface area (Å²) in [5, 5.41) is 0.477. The van der Waals surface area contributed by atoms with Gasteiger partial charge < -0.3 is 14.2 Å². The third-order valence-electron chi connectivity index (χ3n) is 4.36. The fourth-order valence-electron chi connectivity index (χ4n) is 2.79. The minimum absolute atomic E-state index is 0.0744. The highest BCUT2D eigenvalue weighted by atomic mass is 35.5. The summed E-state index contributed by atoms with van der Waals surface area (Å²) >= 11 is 6.22. The Morgan fingerprint density at radius 2 is 1.83 bits per heavy atom. The molecule has 0 aliphatic rings. The van der Waals surface area contributed by atoms with E-state index in [4.69, 9.17) is 21.1 Å². The van der Waals surface area contributed by atoms with E-state index in [0.717, 1.165) is 0 Å². The summed E-state index contributed by atoms with van der Waals surface area (Å²) in [5.41, 5.74) is 1.11. The van der Waals surface area contributed by atoms with E-state index in [1.807, 2.05) is 0 Å². The van der Waals surface area contributed by atoms with E-state index in [2.05, 4.69) is 4.74 Å². The second-order valence-electron chi connectivity index (χ2n) is 6.13. The number of rotatable bonds is 9. The third kappa shape index (κ3) is 5.33. The Balaban J connectivity index is 2.58. The molecule has 2 aromatic carbocycles. The smallest absolute Gasteiger partial charge is 0.330 e. The van der Waals surface area contributed by atoms with Crippen molar-refractivity contribution < 1.29 is 27.4 Å². The molecule has 30 heavy (non-hydrogen) atoms. The lowest BCUT2D eigenvalue weighted by Gasteiger charge is -2.23. The lowest BCUT2D eigenvalue weighted by Crippen LogP contribution is -2.31. The van der Waals surface area contributed by atoms with Crippen molar-refractivity contribution in [3.05, 3.63) is 58.6 Å². The highest BCUT2D eigenvalue weighted by Crippen LogP contribution is 2.38. The molecule has 2 rings (SSSR count). The highest BCUT2D eigenvalue weighted by molar-refractivity contribution is 7.89. The maximum Gasteiger partial charge on any atom is 0.330 e. The zero-order chi connectivity index (χ0) is 22.3. The topological polar surface area (TPSA) is 82.1 Å². The monoisotopic (exact) mass is 453 g/mol. The summed E-state index contributed by atoms with van der Waals surface area (Å²) in [6.45, 7) is 2.03. The van der Waals surface area contributed by atoms with Crippen LogP contribution in [0.4, 0.5) is 0 Å².